The maximum absolute atomic E-state index is 11.2. The summed E-state index contributed by atoms with van der Waals surface area (Å²) >= 11 is 0. The van der Waals surface area contributed by atoms with Crippen LogP contribution in [-0.4, -0.2) is 13.1 Å². The van der Waals surface area contributed by atoms with Crippen LogP contribution in [0.3, 0.4) is 0 Å². The maximum atomic E-state index is 11.2. The number of carbonyl (C=O) groups is 1. The molecular weight excluding hydrogens is 152 g/mol. The van der Waals surface area contributed by atoms with Gasteiger partial charge in [0.2, 0.25) is 0 Å². The van der Waals surface area contributed by atoms with Gasteiger partial charge in [-0.1, -0.05) is 6.07 Å². The van der Waals surface area contributed by atoms with E-state index in [-0.39, 0.29) is 5.97 Å². The Kier molecular flexibility index (Phi) is 2.48. The van der Waals surface area contributed by atoms with Gasteiger partial charge in [-0.3, -0.25) is 0 Å². The third kappa shape index (κ3) is 1.47. The van der Waals surface area contributed by atoms with Crippen LogP contribution in [0, 0.1) is 19.9 Å². The molecule has 0 unspecified atom stereocenters. The highest BCUT2D eigenvalue weighted by Gasteiger charge is 2.08. The molecule has 63 valence electrons. The highest BCUT2D eigenvalue weighted by Crippen LogP contribution is 2.12. The Balaban J connectivity index is 3.16. The molecule has 2 heteroatoms. The van der Waals surface area contributed by atoms with Crippen molar-refractivity contribution in [3.63, 3.8) is 0 Å². The van der Waals surface area contributed by atoms with Crippen LogP contribution in [0.2, 0.25) is 0 Å². The van der Waals surface area contributed by atoms with Crippen LogP contribution in [0.4, 0.5) is 0 Å². The van der Waals surface area contributed by atoms with Crippen molar-refractivity contribution in [2.75, 3.05) is 7.11 Å². The van der Waals surface area contributed by atoms with Gasteiger partial charge in [0.1, 0.15) is 0 Å². The van der Waals surface area contributed by atoms with Crippen molar-refractivity contribution in [3.8, 4) is 0 Å². The van der Waals surface area contributed by atoms with Gasteiger partial charge in [-0.15, -0.1) is 0 Å². The van der Waals surface area contributed by atoms with Gasteiger partial charge < -0.3 is 4.74 Å². The Hall–Kier alpha value is -1.31. The van der Waals surface area contributed by atoms with E-state index in [1.807, 2.05) is 13.8 Å². The zero-order valence-electron chi connectivity index (χ0n) is 7.47. The summed E-state index contributed by atoms with van der Waals surface area (Å²) in [6.45, 7) is 3.81. The van der Waals surface area contributed by atoms with Gasteiger partial charge in [0.25, 0.3) is 0 Å². The van der Waals surface area contributed by atoms with E-state index in [2.05, 4.69) is 10.8 Å². The van der Waals surface area contributed by atoms with Crippen molar-refractivity contribution in [1.82, 2.24) is 0 Å². The van der Waals surface area contributed by atoms with Crippen molar-refractivity contribution in [2.45, 2.75) is 13.8 Å². The molecule has 0 bridgehead atoms. The fourth-order valence-corrected chi connectivity index (χ4v) is 1.02. The normalized spacial score (nSPS) is 9.58. The summed E-state index contributed by atoms with van der Waals surface area (Å²) < 4.78 is 4.62. The first-order valence-corrected chi connectivity index (χ1v) is 3.73. The molecule has 0 aliphatic heterocycles. The van der Waals surface area contributed by atoms with Crippen LogP contribution in [0.15, 0.2) is 12.1 Å². The highest BCUT2D eigenvalue weighted by atomic mass is 16.5. The van der Waals surface area contributed by atoms with E-state index in [0.29, 0.717) is 5.56 Å². The Labute approximate surface area is 72.2 Å². The van der Waals surface area contributed by atoms with Gasteiger partial charge >= 0.3 is 5.97 Å². The first-order chi connectivity index (χ1) is 5.66. The Morgan fingerprint density at radius 3 is 2.75 bits per heavy atom. The van der Waals surface area contributed by atoms with Crippen molar-refractivity contribution in [2.24, 2.45) is 0 Å². The molecule has 0 heterocycles. The molecule has 12 heavy (non-hydrogen) atoms. The second-order valence-corrected chi connectivity index (χ2v) is 2.63. The first kappa shape index (κ1) is 8.78. The highest BCUT2D eigenvalue weighted by molar-refractivity contribution is 5.91. The molecule has 0 N–H and O–H groups in total. The van der Waals surface area contributed by atoms with E-state index in [0.717, 1.165) is 11.1 Å². The van der Waals surface area contributed by atoms with Gasteiger partial charge in [0.15, 0.2) is 0 Å². The molecular formula is C10H11O2. The van der Waals surface area contributed by atoms with Gasteiger partial charge in [-0.05, 0) is 37.1 Å². The number of hydrogen-bond donors (Lipinski definition) is 0. The number of methoxy groups -OCH3 is 1. The number of aryl methyl sites for hydroxylation is 1. The molecule has 0 aromatic heterocycles. The molecule has 0 saturated carbocycles. The van der Waals surface area contributed by atoms with Crippen molar-refractivity contribution in [1.29, 1.82) is 0 Å². The van der Waals surface area contributed by atoms with E-state index in [1.165, 1.54) is 7.11 Å². The van der Waals surface area contributed by atoms with Crippen molar-refractivity contribution < 1.29 is 9.53 Å². The molecule has 0 aliphatic rings. The summed E-state index contributed by atoms with van der Waals surface area (Å²) in [6, 6.07) is 6.46. The summed E-state index contributed by atoms with van der Waals surface area (Å²) in [6.07, 6.45) is 0. The molecule has 0 amide bonds. The molecule has 0 fully saturated rings. The summed E-state index contributed by atoms with van der Waals surface area (Å²) in [4.78, 5) is 11.2. The second kappa shape index (κ2) is 3.39. The zero-order valence-corrected chi connectivity index (χ0v) is 7.47. The van der Waals surface area contributed by atoms with E-state index >= 15 is 0 Å². The minimum absolute atomic E-state index is 0.287. The first-order valence-electron chi connectivity index (χ1n) is 3.73. The van der Waals surface area contributed by atoms with Crippen LogP contribution in [0.1, 0.15) is 21.5 Å². The molecule has 1 aromatic rings. The van der Waals surface area contributed by atoms with Crippen LogP contribution in [0.25, 0.3) is 0 Å². The predicted octanol–water partition coefficient (Wildman–Crippen LogP) is 1.89. The largest absolute Gasteiger partial charge is 0.465 e. The van der Waals surface area contributed by atoms with Gasteiger partial charge in [0, 0.05) is 0 Å². The van der Waals surface area contributed by atoms with E-state index in [9.17, 15) is 4.79 Å². The lowest BCUT2D eigenvalue weighted by Crippen LogP contribution is -2.04. The second-order valence-electron chi connectivity index (χ2n) is 2.63. The minimum atomic E-state index is -0.287. The fourth-order valence-electron chi connectivity index (χ4n) is 1.02. The third-order valence-electron chi connectivity index (χ3n) is 1.92. The fraction of sp³-hybridized carbons (Fsp3) is 0.300. The number of carbonyl (C=O) groups excluding carboxylic acids is 1. The van der Waals surface area contributed by atoms with Gasteiger partial charge in [-0.2, -0.15) is 0 Å². The van der Waals surface area contributed by atoms with Crippen LogP contribution in [0.5, 0.6) is 0 Å². The number of benzene rings is 1. The third-order valence-corrected chi connectivity index (χ3v) is 1.92. The van der Waals surface area contributed by atoms with E-state index in [1.54, 1.807) is 12.1 Å². The smallest absolute Gasteiger partial charge is 0.338 e. The average molecular weight is 163 g/mol. The molecule has 1 radical (unpaired) electrons. The maximum Gasteiger partial charge on any atom is 0.338 e. The van der Waals surface area contributed by atoms with E-state index < -0.39 is 0 Å². The van der Waals surface area contributed by atoms with Crippen LogP contribution >= 0.6 is 0 Å². The SMILES string of the molecule is COC(=O)c1cc[c]c(C)c1C. The summed E-state index contributed by atoms with van der Waals surface area (Å²) in [5, 5.41) is 0. The topological polar surface area (TPSA) is 26.3 Å². The van der Waals surface area contributed by atoms with Gasteiger partial charge in [-0.25, -0.2) is 4.79 Å². The molecule has 2 nitrogen and oxygen atoms in total. The predicted molar refractivity (Wildman–Crippen MR) is 46.1 cm³/mol. The summed E-state index contributed by atoms with van der Waals surface area (Å²) in [5.41, 5.74) is 2.54. The Morgan fingerprint density at radius 2 is 2.17 bits per heavy atom. The van der Waals surface area contributed by atoms with Crippen molar-refractivity contribution >= 4 is 5.97 Å². The lowest BCUT2D eigenvalue weighted by atomic mass is 10.0. The van der Waals surface area contributed by atoms with Gasteiger partial charge in [0.05, 0.1) is 12.7 Å². The molecule has 0 aliphatic carbocycles. The van der Waals surface area contributed by atoms with E-state index in [4.69, 9.17) is 0 Å². The summed E-state index contributed by atoms with van der Waals surface area (Å²) in [5.74, 6) is -0.287. The molecule has 0 atom stereocenters. The Morgan fingerprint density at radius 1 is 1.50 bits per heavy atom. The summed E-state index contributed by atoms with van der Waals surface area (Å²) in [7, 11) is 1.38. The molecule has 1 aromatic carbocycles. The average Bonchev–Trinajstić information content (AvgIpc) is 2.08. The van der Waals surface area contributed by atoms with Crippen molar-refractivity contribution in [3.05, 3.63) is 34.9 Å². The number of esters is 1. The number of ether oxygens (including phenoxy) is 1. The molecule has 0 spiro atoms. The van der Waals surface area contributed by atoms with Crippen LogP contribution in [-0.2, 0) is 4.74 Å². The minimum Gasteiger partial charge on any atom is -0.465 e. The lowest BCUT2D eigenvalue weighted by Gasteiger charge is -2.04. The number of hydrogen-bond acceptors (Lipinski definition) is 2. The monoisotopic (exact) mass is 163 g/mol. The lowest BCUT2D eigenvalue weighted by molar-refractivity contribution is 0.0600. The van der Waals surface area contributed by atoms with Crippen LogP contribution < -0.4 is 0 Å². The molecule has 0 saturated heterocycles. The Bertz CT molecular complexity index is 303. The quantitative estimate of drug-likeness (QED) is 0.591. The standard InChI is InChI=1S/C10H11O2/c1-7-5-4-6-9(8(7)2)10(11)12-3/h4,6H,1-3H3. The number of rotatable bonds is 1. The molecule has 1 rings (SSSR count). The zero-order chi connectivity index (χ0) is 9.14.